The second-order valence-corrected chi connectivity index (χ2v) is 10.2. The van der Waals surface area contributed by atoms with E-state index in [1.807, 2.05) is 65.4 Å². The fraction of sp³-hybridized carbons (Fsp3) is 0.0625. The van der Waals surface area contributed by atoms with Crippen molar-refractivity contribution < 1.29 is 13.2 Å². The zero-order chi connectivity index (χ0) is 27.0. The molecule has 0 spiro atoms. The molecule has 4 aromatic carbocycles. The van der Waals surface area contributed by atoms with Crippen molar-refractivity contribution in [1.82, 2.24) is 4.72 Å². The monoisotopic (exact) mass is 518 g/mol. The molecule has 38 heavy (non-hydrogen) atoms. The molecule has 0 heterocycles. The molecule has 0 bridgehead atoms. The van der Waals surface area contributed by atoms with Crippen molar-refractivity contribution >= 4 is 38.8 Å². The van der Waals surface area contributed by atoms with Gasteiger partial charge in [-0.05, 0) is 45.9 Å². The molecule has 0 aliphatic rings. The topological polar surface area (TPSA) is 67.6 Å². The maximum atomic E-state index is 12.5. The average Bonchev–Trinajstić information content (AvgIpc) is 2.96. The molecule has 6 heteroatoms. The van der Waals surface area contributed by atoms with Crippen LogP contribution in [0.25, 0.3) is 22.1 Å². The molecular formula is C32H26N2O3S. The maximum Gasteiger partial charge on any atom is 0.264 e. The highest BCUT2D eigenvalue weighted by atomic mass is 32.2. The van der Waals surface area contributed by atoms with E-state index in [1.54, 1.807) is 6.08 Å². The van der Waals surface area contributed by atoms with Crippen LogP contribution in [0.2, 0.25) is 0 Å². The van der Waals surface area contributed by atoms with Crippen LogP contribution in [0, 0.1) is 6.57 Å². The summed E-state index contributed by atoms with van der Waals surface area (Å²) in [6.07, 6.45) is 3.61. The summed E-state index contributed by atoms with van der Waals surface area (Å²) in [5.74, 6) is -0.759. The normalized spacial score (nSPS) is 12.0. The number of allylic oxidation sites excluding steroid dienone is 1. The van der Waals surface area contributed by atoms with Crippen LogP contribution >= 0.6 is 0 Å². The van der Waals surface area contributed by atoms with E-state index in [2.05, 4.69) is 36.0 Å². The number of nitrogens with zero attached hydrogens (tertiary/aromatic N) is 1. The lowest BCUT2D eigenvalue weighted by Crippen LogP contribution is -2.28. The molecule has 0 aliphatic heterocycles. The zero-order valence-electron chi connectivity index (χ0n) is 20.8. The van der Waals surface area contributed by atoms with Gasteiger partial charge in [-0.25, -0.2) is 18.0 Å². The van der Waals surface area contributed by atoms with E-state index in [0.29, 0.717) is 5.69 Å². The minimum absolute atomic E-state index is 0.0821. The number of benzene rings is 4. The molecule has 0 fully saturated rings. The highest BCUT2D eigenvalue weighted by Gasteiger charge is 2.16. The summed E-state index contributed by atoms with van der Waals surface area (Å²) >= 11 is 0. The fourth-order valence-electron chi connectivity index (χ4n) is 4.14. The molecule has 0 atom stereocenters. The van der Waals surface area contributed by atoms with Crippen LogP contribution in [-0.2, 0) is 14.8 Å². The molecule has 188 valence electrons. The molecule has 0 aliphatic carbocycles. The Morgan fingerprint density at radius 3 is 1.89 bits per heavy atom. The third-order valence-corrected chi connectivity index (χ3v) is 7.34. The maximum absolute atomic E-state index is 12.5. The van der Waals surface area contributed by atoms with Gasteiger partial charge >= 0.3 is 0 Å². The number of carbonyl (C=O) groups is 1. The molecule has 0 radical (unpaired) electrons. The molecule has 5 nitrogen and oxygen atoms in total. The molecule has 0 aromatic heterocycles. The van der Waals surface area contributed by atoms with E-state index in [0.717, 1.165) is 28.7 Å². The van der Waals surface area contributed by atoms with Gasteiger partial charge in [0.2, 0.25) is 0 Å². The predicted octanol–water partition coefficient (Wildman–Crippen LogP) is 7.12. The Bertz CT molecular complexity index is 1620. The van der Waals surface area contributed by atoms with E-state index in [4.69, 9.17) is 6.57 Å². The van der Waals surface area contributed by atoms with Gasteiger partial charge in [0.25, 0.3) is 15.9 Å². The van der Waals surface area contributed by atoms with Gasteiger partial charge in [-0.15, -0.1) is 0 Å². The molecule has 0 saturated carbocycles. The van der Waals surface area contributed by atoms with E-state index in [-0.39, 0.29) is 4.90 Å². The predicted molar refractivity (Wildman–Crippen MR) is 153 cm³/mol. The van der Waals surface area contributed by atoms with Crippen molar-refractivity contribution in [3.63, 3.8) is 0 Å². The van der Waals surface area contributed by atoms with Crippen LogP contribution in [-0.4, -0.2) is 14.3 Å². The van der Waals surface area contributed by atoms with Gasteiger partial charge in [0.05, 0.1) is 11.5 Å². The average molecular weight is 519 g/mol. The summed E-state index contributed by atoms with van der Waals surface area (Å²) in [5.41, 5.74) is 6.78. The molecular weight excluding hydrogens is 492 g/mol. The quantitative estimate of drug-likeness (QED) is 0.153. The molecule has 4 aromatic rings. The van der Waals surface area contributed by atoms with E-state index in [1.165, 1.54) is 41.5 Å². The van der Waals surface area contributed by atoms with Crippen molar-refractivity contribution in [2.75, 3.05) is 0 Å². The summed E-state index contributed by atoms with van der Waals surface area (Å²) in [4.78, 5) is 15.5. The summed E-state index contributed by atoms with van der Waals surface area (Å²) in [5, 5.41) is 0. The third-order valence-electron chi connectivity index (χ3n) is 5.98. The summed E-state index contributed by atoms with van der Waals surface area (Å²) in [6.45, 7) is 9.11. The molecule has 1 amide bonds. The second-order valence-electron chi connectivity index (χ2n) is 8.47. The van der Waals surface area contributed by atoms with Gasteiger partial charge in [-0.3, -0.25) is 4.79 Å². The van der Waals surface area contributed by atoms with Gasteiger partial charge in [0.1, 0.15) is 0 Å². The first-order chi connectivity index (χ1) is 18.4. The Balaban J connectivity index is 1.57. The van der Waals surface area contributed by atoms with Gasteiger partial charge < -0.3 is 0 Å². The van der Waals surface area contributed by atoms with Crippen LogP contribution in [0.15, 0.2) is 120 Å². The number of sulfonamides is 1. The lowest BCUT2D eigenvalue weighted by Gasteiger charge is -2.16. The van der Waals surface area contributed by atoms with Gasteiger partial charge in [-0.1, -0.05) is 116 Å². The Hall–Kier alpha value is -4.73. The number of nitrogens with one attached hydrogen (secondary N) is 1. The van der Waals surface area contributed by atoms with Crippen molar-refractivity contribution in [2.24, 2.45) is 0 Å². The van der Waals surface area contributed by atoms with Crippen molar-refractivity contribution in [1.29, 1.82) is 0 Å². The first-order valence-electron chi connectivity index (χ1n) is 12.1. The van der Waals surface area contributed by atoms with Crippen molar-refractivity contribution in [3.05, 3.63) is 149 Å². The van der Waals surface area contributed by atoms with Gasteiger partial charge in [0, 0.05) is 6.08 Å². The van der Waals surface area contributed by atoms with Crippen molar-refractivity contribution in [2.45, 2.75) is 18.2 Å². The van der Waals surface area contributed by atoms with Gasteiger partial charge in [0.15, 0.2) is 5.69 Å². The fourth-order valence-corrected chi connectivity index (χ4v) is 5.09. The Morgan fingerprint density at radius 1 is 0.789 bits per heavy atom. The Kier molecular flexibility index (Phi) is 8.32. The summed E-state index contributed by atoms with van der Waals surface area (Å²) < 4.78 is 27.0. The zero-order valence-corrected chi connectivity index (χ0v) is 21.7. The largest absolute Gasteiger partial charge is 0.269 e. The first kappa shape index (κ1) is 26.3. The highest BCUT2D eigenvalue weighted by molar-refractivity contribution is 7.90. The van der Waals surface area contributed by atoms with Crippen molar-refractivity contribution in [3.8, 4) is 0 Å². The summed E-state index contributed by atoms with van der Waals surface area (Å²) in [6, 6.07) is 33.7. The number of hydrogen-bond acceptors (Lipinski definition) is 3. The Morgan fingerprint density at radius 2 is 1.34 bits per heavy atom. The van der Waals surface area contributed by atoms with Crippen LogP contribution in [0.1, 0.15) is 35.6 Å². The standard InChI is InChI=1S/C32H26N2O3S/c1-3-30(25-10-6-4-7-11-25)32(26-12-8-5-9-13-26)27-17-14-24(15-18-27)16-23-31(35)34-38(36,37)29-21-19-28(33-2)20-22-29/h4-23H,3H2,1H3,(H,34,35)/b23-16+,32-30-. The number of hydrogen-bond donors (Lipinski definition) is 1. The molecule has 0 saturated heterocycles. The smallest absolute Gasteiger partial charge is 0.264 e. The van der Waals surface area contributed by atoms with Crippen LogP contribution < -0.4 is 4.72 Å². The number of carbonyl (C=O) groups excluding carboxylic acids is 1. The van der Waals surface area contributed by atoms with Crippen LogP contribution in [0.5, 0.6) is 0 Å². The van der Waals surface area contributed by atoms with Crippen LogP contribution in [0.4, 0.5) is 5.69 Å². The van der Waals surface area contributed by atoms with E-state index < -0.39 is 15.9 Å². The molecule has 1 N–H and O–H groups in total. The minimum Gasteiger partial charge on any atom is -0.269 e. The number of rotatable bonds is 8. The Labute approximate surface area is 223 Å². The highest BCUT2D eigenvalue weighted by Crippen LogP contribution is 2.34. The summed E-state index contributed by atoms with van der Waals surface area (Å²) in [7, 11) is -4.04. The SMILES string of the molecule is [C-]#[N+]c1ccc(S(=O)(=O)NC(=O)/C=C/c2ccc(/C(=C(/CC)c3ccccc3)c3ccccc3)cc2)cc1. The number of amides is 1. The lowest BCUT2D eigenvalue weighted by molar-refractivity contribution is -0.114. The first-order valence-corrected chi connectivity index (χ1v) is 13.6. The van der Waals surface area contributed by atoms with E-state index >= 15 is 0 Å². The third kappa shape index (κ3) is 6.33. The minimum atomic E-state index is -4.04. The molecule has 4 rings (SSSR count). The van der Waals surface area contributed by atoms with E-state index in [9.17, 15) is 13.2 Å². The lowest BCUT2D eigenvalue weighted by atomic mass is 9.88. The molecule has 0 unspecified atom stereocenters. The van der Waals surface area contributed by atoms with Crippen LogP contribution in [0.3, 0.4) is 0 Å². The van der Waals surface area contributed by atoms with Gasteiger partial charge in [-0.2, -0.15) is 0 Å². The second kappa shape index (κ2) is 12.0.